The largest absolute Gasteiger partial charge is 0.330 e. The molecule has 0 fully saturated rings. The van der Waals surface area contributed by atoms with E-state index in [2.05, 4.69) is 5.10 Å². The van der Waals surface area contributed by atoms with E-state index in [1.807, 2.05) is 31.2 Å². The van der Waals surface area contributed by atoms with Gasteiger partial charge in [0.1, 0.15) is 0 Å². The lowest BCUT2D eigenvalue weighted by atomic mass is 10.2. The maximum atomic E-state index is 11.8. The van der Waals surface area contributed by atoms with Crippen molar-refractivity contribution < 1.29 is 4.79 Å². The highest BCUT2D eigenvalue weighted by Gasteiger charge is 2.25. The monoisotopic (exact) mass is 217 g/mol. The molecule has 1 aromatic rings. The van der Waals surface area contributed by atoms with Crippen LogP contribution in [0.4, 0.5) is 5.69 Å². The molecule has 0 atom stereocenters. The van der Waals surface area contributed by atoms with Crippen molar-refractivity contribution in [2.24, 2.45) is 10.8 Å². The number of rotatable bonds is 3. The maximum absolute atomic E-state index is 11.8. The molecule has 4 nitrogen and oxygen atoms in total. The SMILES string of the molecule is Cc1ccccc1N1N=C(CCN)CC1=O. The Kier molecular flexibility index (Phi) is 3.01. The number of para-hydroxylation sites is 1. The highest BCUT2D eigenvalue weighted by molar-refractivity contribution is 6.13. The Labute approximate surface area is 94.7 Å². The van der Waals surface area contributed by atoms with Crippen molar-refractivity contribution in [1.29, 1.82) is 0 Å². The molecule has 0 aliphatic carbocycles. The van der Waals surface area contributed by atoms with E-state index in [9.17, 15) is 4.79 Å². The normalized spacial score (nSPS) is 15.5. The molecule has 1 aliphatic rings. The summed E-state index contributed by atoms with van der Waals surface area (Å²) in [4.78, 5) is 11.8. The van der Waals surface area contributed by atoms with Crippen molar-refractivity contribution in [3.05, 3.63) is 29.8 Å². The number of nitrogens with zero attached hydrogens (tertiary/aromatic N) is 2. The summed E-state index contributed by atoms with van der Waals surface area (Å²) in [5.41, 5.74) is 8.24. The summed E-state index contributed by atoms with van der Waals surface area (Å²) in [7, 11) is 0. The van der Waals surface area contributed by atoms with Crippen LogP contribution in [0.2, 0.25) is 0 Å². The van der Waals surface area contributed by atoms with Gasteiger partial charge >= 0.3 is 0 Å². The average molecular weight is 217 g/mol. The van der Waals surface area contributed by atoms with E-state index in [4.69, 9.17) is 5.73 Å². The van der Waals surface area contributed by atoms with Crippen LogP contribution in [-0.2, 0) is 4.79 Å². The molecule has 1 aliphatic heterocycles. The number of hydrogen-bond donors (Lipinski definition) is 1. The van der Waals surface area contributed by atoms with Crippen molar-refractivity contribution >= 4 is 17.3 Å². The summed E-state index contributed by atoms with van der Waals surface area (Å²) in [5, 5.41) is 5.80. The van der Waals surface area contributed by atoms with Crippen molar-refractivity contribution in [2.45, 2.75) is 19.8 Å². The second kappa shape index (κ2) is 4.45. The van der Waals surface area contributed by atoms with Crippen LogP contribution in [-0.4, -0.2) is 18.2 Å². The lowest BCUT2D eigenvalue weighted by molar-refractivity contribution is -0.116. The van der Waals surface area contributed by atoms with Gasteiger partial charge in [-0.25, -0.2) is 5.01 Å². The van der Waals surface area contributed by atoms with Crippen LogP contribution < -0.4 is 10.7 Å². The average Bonchev–Trinajstić information content (AvgIpc) is 2.61. The maximum Gasteiger partial charge on any atom is 0.253 e. The van der Waals surface area contributed by atoms with Crippen LogP contribution >= 0.6 is 0 Å². The summed E-state index contributed by atoms with van der Waals surface area (Å²) in [6.45, 7) is 2.51. The van der Waals surface area contributed by atoms with E-state index in [-0.39, 0.29) is 5.91 Å². The molecule has 1 amide bonds. The third kappa shape index (κ3) is 1.97. The molecule has 1 heterocycles. The number of nitrogens with two attached hydrogens (primary N) is 1. The Hall–Kier alpha value is -1.68. The van der Waals surface area contributed by atoms with Gasteiger partial charge in [0.25, 0.3) is 5.91 Å². The first kappa shape index (κ1) is 10.8. The molecule has 2 rings (SSSR count). The lowest BCUT2D eigenvalue weighted by Crippen LogP contribution is -2.20. The molecule has 0 aromatic heterocycles. The van der Waals surface area contributed by atoms with Crippen LogP contribution in [0.5, 0.6) is 0 Å². The van der Waals surface area contributed by atoms with Crippen molar-refractivity contribution in [3.8, 4) is 0 Å². The number of amides is 1. The number of anilines is 1. The van der Waals surface area contributed by atoms with Gasteiger partial charge in [-0.2, -0.15) is 5.10 Å². The highest BCUT2D eigenvalue weighted by Crippen LogP contribution is 2.24. The molecular weight excluding hydrogens is 202 g/mol. The topological polar surface area (TPSA) is 58.7 Å². The van der Waals surface area contributed by atoms with Gasteiger partial charge in [0.05, 0.1) is 12.1 Å². The molecule has 0 bridgehead atoms. The zero-order chi connectivity index (χ0) is 11.5. The third-order valence-electron chi connectivity index (χ3n) is 2.61. The molecule has 2 N–H and O–H groups in total. The molecule has 0 radical (unpaired) electrons. The Bertz CT molecular complexity index is 440. The molecule has 0 spiro atoms. The molecule has 0 saturated carbocycles. The standard InChI is InChI=1S/C12H15N3O/c1-9-4-2-3-5-11(9)15-12(16)8-10(14-15)6-7-13/h2-5H,6-8,13H2,1H3. The van der Waals surface area contributed by atoms with Crippen LogP contribution in [0.1, 0.15) is 18.4 Å². The van der Waals surface area contributed by atoms with E-state index in [1.165, 1.54) is 5.01 Å². The van der Waals surface area contributed by atoms with Crippen molar-refractivity contribution in [2.75, 3.05) is 11.6 Å². The molecule has 4 heteroatoms. The predicted molar refractivity (Wildman–Crippen MR) is 64.4 cm³/mol. The van der Waals surface area contributed by atoms with Gasteiger partial charge in [0, 0.05) is 12.1 Å². The first-order chi connectivity index (χ1) is 7.72. The summed E-state index contributed by atoms with van der Waals surface area (Å²) >= 11 is 0. The quantitative estimate of drug-likeness (QED) is 0.832. The third-order valence-corrected chi connectivity index (χ3v) is 2.61. The minimum absolute atomic E-state index is 0.0257. The van der Waals surface area contributed by atoms with Gasteiger partial charge in [-0.1, -0.05) is 18.2 Å². The van der Waals surface area contributed by atoms with Crippen molar-refractivity contribution in [3.63, 3.8) is 0 Å². The fraction of sp³-hybridized carbons (Fsp3) is 0.333. The van der Waals surface area contributed by atoms with Gasteiger partial charge in [-0.05, 0) is 25.1 Å². The van der Waals surface area contributed by atoms with E-state index in [0.717, 1.165) is 17.0 Å². The number of hydrazone groups is 1. The molecule has 0 saturated heterocycles. The number of aryl methyl sites for hydroxylation is 1. The zero-order valence-electron chi connectivity index (χ0n) is 9.31. The summed E-state index contributed by atoms with van der Waals surface area (Å²) < 4.78 is 0. The van der Waals surface area contributed by atoms with Crippen molar-refractivity contribution in [1.82, 2.24) is 0 Å². The summed E-state index contributed by atoms with van der Waals surface area (Å²) in [6, 6.07) is 7.73. The second-order valence-electron chi connectivity index (χ2n) is 3.87. The second-order valence-corrected chi connectivity index (χ2v) is 3.87. The van der Waals surface area contributed by atoms with E-state index in [0.29, 0.717) is 19.4 Å². The first-order valence-corrected chi connectivity index (χ1v) is 5.37. The number of carbonyl (C=O) groups excluding carboxylic acids is 1. The van der Waals surface area contributed by atoms with Gasteiger partial charge in [0.2, 0.25) is 0 Å². The van der Waals surface area contributed by atoms with E-state index < -0.39 is 0 Å². The van der Waals surface area contributed by atoms with Crippen LogP contribution in [0.3, 0.4) is 0 Å². The van der Waals surface area contributed by atoms with Crippen LogP contribution in [0.25, 0.3) is 0 Å². The van der Waals surface area contributed by atoms with Crippen LogP contribution in [0.15, 0.2) is 29.4 Å². The molecule has 1 aromatic carbocycles. The predicted octanol–water partition coefficient (Wildman–Crippen LogP) is 1.44. The first-order valence-electron chi connectivity index (χ1n) is 5.37. The Morgan fingerprint density at radius 3 is 2.88 bits per heavy atom. The van der Waals surface area contributed by atoms with E-state index >= 15 is 0 Å². The molecule has 16 heavy (non-hydrogen) atoms. The summed E-state index contributed by atoms with van der Waals surface area (Å²) in [5.74, 6) is 0.0257. The van der Waals surface area contributed by atoms with Crippen LogP contribution in [0, 0.1) is 6.92 Å². The van der Waals surface area contributed by atoms with Gasteiger partial charge in [-0.15, -0.1) is 0 Å². The number of hydrogen-bond acceptors (Lipinski definition) is 3. The minimum Gasteiger partial charge on any atom is -0.330 e. The fourth-order valence-electron chi connectivity index (χ4n) is 1.78. The lowest BCUT2D eigenvalue weighted by Gasteiger charge is -2.13. The van der Waals surface area contributed by atoms with Gasteiger partial charge in [-0.3, -0.25) is 4.79 Å². The smallest absolute Gasteiger partial charge is 0.253 e. The molecule has 84 valence electrons. The number of benzene rings is 1. The highest BCUT2D eigenvalue weighted by atomic mass is 16.2. The molecular formula is C12H15N3O. The Balaban J connectivity index is 2.28. The van der Waals surface area contributed by atoms with E-state index in [1.54, 1.807) is 0 Å². The zero-order valence-corrected chi connectivity index (χ0v) is 9.31. The molecule has 0 unspecified atom stereocenters. The van der Waals surface area contributed by atoms with Gasteiger partial charge < -0.3 is 5.73 Å². The number of carbonyl (C=O) groups is 1. The van der Waals surface area contributed by atoms with Gasteiger partial charge in [0.15, 0.2) is 0 Å². The Morgan fingerprint density at radius 1 is 1.44 bits per heavy atom. The minimum atomic E-state index is 0.0257. The fourth-order valence-corrected chi connectivity index (χ4v) is 1.78. The summed E-state index contributed by atoms with van der Waals surface area (Å²) in [6.07, 6.45) is 1.08. The Morgan fingerprint density at radius 2 is 2.19 bits per heavy atom.